The molecule has 2 heterocycles. The lowest BCUT2D eigenvalue weighted by atomic mass is 10.2. The molecule has 5 heteroatoms. The summed E-state index contributed by atoms with van der Waals surface area (Å²) in [5.74, 6) is 1.37. The lowest BCUT2D eigenvalue weighted by molar-refractivity contribution is 0.0992. The van der Waals surface area contributed by atoms with Crippen molar-refractivity contribution in [3.63, 3.8) is 0 Å². The van der Waals surface area contributed by atoms with Crippen LogP contribution in [0.5, 0.6) is 5.75 Å². The van der Waals surface area contributed by atoms with Crippen molar-refractivity contribution in [2.24, 2.45) is 0 Å². The fraction of sp³-hybridized carbons (Fsp3) is 0.429. The summed E-state index contributed by atoms with van der Waals surface area (Å²) < 4.78 is 12.4. The van der Waals surface area contributed by atoms with E-state index in [4.69, 9.17) is 9.15 Å². The van der Waals surface area contributed by atoms with Crippen molar-refractivity contribution in [3.8, 4) is 5.75 Å². The number of aryl methyl sites for hydroxylation is 1. The van der Waals surface area contributed by atoms with Gasteiger partial charge in [0, 0.05) is 12.5 Å². The van der Waals surface area contributed by atoms with Crippen molar-refractivity contribution in [1.82, 2.24) is 9.78 Å². The number of carbonyl (C=O) groups is 1. The maximum absolute atomic E-state index is 12.5. The van der Waals surface area contributed by atoms with Gasteiger partial charge in [0.15, 0.2) is 17.2 Å². The molecule has 5 nitrogen and oxygen atoms in total. The number of nitrogens with zero attached hydrogens (tertiary/aromatic N) is 2. The van der Waals surface area contributed by atoms with E-state index in [9.17, 15) is 4.79 Å². The van der Waals surface area contributed by atoms with E-state index in [0.717, 1.165) is 12.2 Å². The molecular weight excluding hydrogens is 244 g/mol. The van der Waals surface area contributed by atoms with Gasteiger partial charge in [-0.15, -0.1) is 0 Å². The van der Waals surface area contributed by atoms with E-state index in [-0.39, 0.29) is 11.8 Å². The zero-order valence-electron chi connectivity index (χ0n) is 11.6. The minimum atomic E-state index is -0.206. The summed E-state index contributed by atoms with van der Waals surface area (Å²) >= 11 is 0. The molecule has 0 aliphatic carbocycles. The third-order valence-corrected chi connectivity index (χ3v) is 2.92. The fourth-order valence-corrected chi connectivity index (χ4v) is 1.91. The highest BCUT2D eigenvalue weighted by molar-refractivity contribution is 6.07. The van der Waals surface area contributed by atoms with Crippen molar-refractivity contribution >= 4 is 5.78 Å². The molecule has 2 aromatic heterocycles. The second kappa shape index (κ2) is 5.30. The lowest BCUT2D eigenvalue weighted by Crippen LogP contribution is -2.14. The van der Waals surface area contributed by atoms with E-state index in [1.54, 1.807) is 16.9 Å². The van der Waals surface area contributed by atoms with Crippen LogP contribution in [0.15, 0.2) is 22.7 Å². The Labute approximate surface area is 112 Å². The van der Waals surface area contributed by atoms with Crippen LogP contribution < -0.4 is 4.74 Å². The number of carbonyl (C=O) groups excluding carboxylic acids is 1. The predicted octanol–water partition coefficient (Wildman–Crippen LogP) is 2.86. The van der Waals surface area contributed by atoms with Crippen molar-refractivity contribution in [2.45, 2.75) is 33.2 Å². The van der Waals surface area contributed by atoms with Crippen LogP contribution in [-0.2, 0) is 6.42 Å². The molecule has 0 fully saturated rings. The zero-order valence-corrected chi connectivity index (χ0v) is 11.6. The van der Waals surface area contributed by atoms with Crippen molar-refractivity contribution < 1.29 is 13.9 Å². The van der Waals surface area contributed by atoms with Gasteiger partial charge in [-0.3, -0.25) is 9.48 Å². The second-order valence-corrected chi connectivity index (χ2v) is 4.55. The quantitative estimate of drug-likeness (QED) is 0.777. The summed E-state index contributed by atoms with van der Waals surface area (Å²) in [7, 11) is 1.53. The fourth-order valence-electron chi connectivity index (χ4n) is 1.91. The highest BCUT2D eigenvalue weighted by Crippen LogP contribution is 2.24. The van der Waals surface area contributed by atoms with E-state index in [1.807, 2.05) is 26.8 Å². The van der Waals surface area contributed by atoms with Gasteiger partial charge in [-0.1, -0.05) is 6.92 Å². The molecule has 0 atom stereocenters. The number of hydrogen-bond donors (Lipinski definition) is 0. The predicted molar refractivity (Wildman–Crippen MR) is 70.7 cm³/mol. The lowest BCUT2D eigenvalue weighted by Gasteiger charge is -2.10. The summed E-state index contributed by atoms with van der Waals surface area (Å²) in [5, 5.41) is 4.19. The van der Waals surface area contributed by atoms with Crippen LogP contribution in [0.25, 0.3) is 0 Å². The number of hydrogen-bond acceptors (Lipinski definition) is 4. The summed E-state index contributed by atoms with van der Waals surface area (Å²) in [6.07, 6.45) is 2.31. The molecule has 0 aliphatic heterocycles. The zero-order chi connectivity index (χ0) is 14.0. The van der Waals surface area contributed by atoms with Gasteiger partial charge < -0.3 is 9.15 Å². The number of ketones is 1. The molecule has 0 bridgehead atoms. The van der Waals surface area contributed by atoms with E-state index in [1.165, 1.54) is 7.11 Å². The standard InChI is InChI=1S/C14H18N2O3/c1-5-10-6-7-11(19-10)14(17)13-12(18-4)8-15-16(13)9(2)3/h6-9H,5H2,1-4H3. The van der Waals surface area contributed by atoms with Gasteiger partial charge in [-0.25, -0.2) is 0 Å². The number of methoxy groups -OCH3 is 1. The Hall–Kier alpha value is -2.04. The van der Waals surface area contributed by atoms with E-state index >= 15 is 0 Å². The third kappa shape index (κ3) is 2.41. The molecule has 0 N–H and O–H groups in total. The molecule has 0 amide bonds. The first-order chi connectivity index (χ1) is 9.08. The molecule has 0 saturated carbocycles. The van der Waals surface area contributed by atoms with Gasteiger partial charge in [0.2, 0.25) is 5.78 Å². The Morgan fingerprint density at radius 2 is 2.21 bits per heavy atom. The first-order valence-corrected chi connectivity index (χ1v) is 6.33. The Morgan fingerprint density at radius 1 is 1.47 bits per heavy atom. The van der Waals surface area contributed by atoms with Crippen LogP contribution in [0.4, 0.5) is 0 Å². The largest absolute Gasteiger partial charge is 0.493 e. The average Bonchev–Trinajstić information content (AvgIpc) is 3.03. The summed E-state index contributed by atoms with van der Waals surface area (Å²) in [5.41, 5.74) is 0.425. The first kappa shape index (κ1) is 13.4. The monoisotopic (exact) mass is 262 g/mol. The molecule has 102 valence electrons. The topological polar surface area (TPSA) is 57.3 Å². The Bertz CT molecular complexity index is 581. The SMILES string of the molecule is CCc1ccc(C(=O)c2c(OC)cnn2C(C)C)o1. The molecule has 2 rings (SSSR count). The van der Waals surface area contributed by atoms with E-state index < -0.39 is 0 Å². The van der Waals surface area contributed by atoms with Crippen LogP contribution in [0, 0.1) is 0 Å². The van der Waals surface area contributed by atoms with Gasteiger partial charge in [0.05, 0.1) is 13.3 Å². The smallest absolute Gasteiger partial charge is 0.249 e. The number of rotatable bonds is 5. The maximum atomic E-state index is 12.5. The number of ether oxygens (including phenoxy) is 1. The molecule has 0 spiro atoms. The van der Waals surface area contributed by atoms with Crippen LogP contribution >= 0.6 is 0 Å². The summed E-state index contributed by atoms with van der Waals surface area (Å²) in [6.45, 7) is 5.90. The van der Waals surface area contributed by atoms with Crippen molar-refractivity contribution in [2.75, 3.05) is 7.11 Å². The molecule has 0 radical (unpaired) electrons. The van der Waals surface area contributed by atoms with Crippen LogP contribution in [0.2, 0.25) is 0 Å². The van der Waals surface area contributed by atoms with Gasteiger partial charge in [-0.05, 0) is 26.0 Å². The van der Waals surface area contributed by atoms with Crippen molar-refractivity contribution in [3.05, 3.63) is 35.5 Å². The molecular formula is C14H18N2O3. The minimum absolute atomic E-state index is 0.0726. The normalized spacial score (nSPS) is 11.0. The maximum Gasteiger partial charge on any atom is 0.249 e. The van der Waals surface area contributed by atoms with Gasteiger partial charge in [0.1, 0.15) is 5.76 Å². The molecule has 0 aliphatic rings. The van der Waals surface area contributed by atoms with Crippen LogP contribution in [0.3, 0.4) is 0 Å². The Morgan fingerprint density at radius 3 is 2.74 bits per heavy atom. The second-order valence-electron chi connectivity index (χ2n) is 4.55. The van der Waals surface area contributed by atoms with Crippen LogP contribution in [-0.4, -0.2) is 22.7 Å². The highest BCUT2D eigenvalue weighted by atomic mass is 16.5. The number of aromatic nitrogens is 2. The summed E-state index contributed by atoms with van der Waals surface area (Å²) in [4.78, 5) is 12.5. The van der Waals surface area contributed by atoms with Gasteiger partial charge in [0.25, 0.3) is 0 Å². The Kier molecular flexibility index (Phi) is 3.74. The average molecular weight is 262 g/mol. The molecule has 19 heavy (non-hydrogen) atoms. The molecule has 0 unspecified atom stereocenters. The molecule has 2 aromatic rings. The van der Waals surface area contributed by atoms with E-state index in [0.29, 0.717) is 17.2 Å². The van der Waals surface area contributed by atoms with Gasteiger partial charge in [-0.2, -0.15) is 5.10 Å². The van der Waals surface area contributed by atoms with Crippen LogP contribution in [0.1, 0.15) is 48.8 Å². The van der Waals surface area contributed by atoms with Gasteiger partial charge >= 0.3 is 0 Å². The summed E-state index contributed by atoms with van der Waals surface area (Å²) in [6, 6.07) is 3.58. The first-order valence-electron chi connectivity index (χ1n) is 6.33. The minimum Gasteiger partial charge on any atom is -0.493 e. The Balaban J connectivity index is 2.45. The highest BCUT2D eigenvalue weighted by Gasteiger charge is 2.24. The molecule has 0 aromatic carbocycles. The number of furan rings is 1. The van der Waals surface area contributed by atoms with Crippen molar-refractivity contribution in [1.29, 1.82) is 0 Å². The van der Waals surface area contributed by atoms with E-state index in [2.05, 4.69) is 5.10 Å². The molecule has 0 saturated heterocycles. The third-order valence-electron chi connectivity index (χ3n) is 2.92.